The number of hydrogen-bond acceptors (Lipinski definition) is 3. The third-order valence-corrected chi connectivity index (χ3v) is 3.65. The molecule has 0 saturated heterocycles. The van der Waals surface area contributed by atoms with Gasteiger partial charge >= 0.3 is 5.97 Å². The van der Waals surface area contributed by atoms with Crippen LogP contribution in [-0.2, 0) is 11.3 Å². The maximum absolute atomic E-state index is 12.2. The standard InChI is InChI=1S/C19H18N2O2/c1-2-23-19(22)16-13-20-17-11-7-6-10-15(17)18(16)21-12-14-8-4-3-5-9-14/h3-11,13H,2,12H2,1H3,(H,20,21)/p+1. The molecule has 0 saturated carbocycles. The van der Waals surface area contributed by atoms with Gasteiger partial charge in [0.2, 0.25) is 5.52 Å². The number of rotatable bonds is 5. The first kappa shape index (κ1) is 15.0. The number of fused-ring (bicyclic) bond motifs is 1. The zero-order chi connectivity index (χ0) is 16.1. The Balaban J connectivity index is 2.00. The van der Waals surface area contributed by atoms with Gasteiger partial charge in [-0.25, -0.2) is 9.78 Å². The number of H-pyrrole nitrogens is 1. The summed E-state index contributed by atoms with van der Waals surface area (Å²) in [4.78, 5) is 15.4. The molecule has 4 heteroatoms. The zero-order valence-corrected chi connectivity index (χ0v) is 13.0. The van der Waals surface area contributed by atoms with Gasteiger partial charge in [0.05, 0.1) is 17.7 Å². The molecular weight excluding hydrogens is 288 g/mol. The van der Waals surface area contributed by atoms with E-state index in [1.54, 1.807) is 13.1 Å². The molecule has 116 valence electrons. The first-order valence-electron chi connectivity index (χ1n) is 7.68. The highest BCUT2D eigenvalue weighted by Gasteiger charge is 2.19. The van der Waals surface area contributed by atoms with E-state index in [0.717, 1.165) is 22.2 Å². The second-order valence-electron chi connectivity index (χ2n) is 5.18. The molecule has 0 aliphatic carbocycles. The number of aromatic amines is 1. The average Bonchev–Trinajstić information content (AvgIpc) is 2.60. The SMILES string of the molecule is CCOC(=O)c1c[nH+]c2ccccc2c1NCc1ccccc1. The van der Waals surface area contributed by atoms with E-state index < -0.39 is 0 Å². The molecule has 2 aromatic carbocycles. The minimum absolute atomic E-state index is 0.329. The lowest BCUT2D eigenvalue weighted by molar-refractivity contribution is -0.344. The third-order valence-electron chi connectivity index (χ3n) is 3.65. The number of hydrogen-bond donors (Lipinski definition) is 1. The Morgan fingerprint density at radius 2 is 1.83 bits per heavy atom. The van der Waals surface area contributed by atoms with Gasteiger partial charge in [0.15, 0.2) is 6.20 Å². The molecule has 0 atom stereocenters. The van der Waals surface area contributed by atoms with Crippen molar-refractivity contribution in [3.05, 3.63) is 71.9 Å². The van der Waals surface area contributed by atoms with Gasteiger partial charge in [-0.15, -0.1) is 0 Å². The van der Waals surface area contributed by atoms with E-state index in [-0.39, 0.29) is 5.97 Å². The molecule has 0 radical (unpaired) electrons. The summed E-state index contributed by atoms with van der Waals surface area (Å²) in [6.07, 6.45) is 1.70. The predicted octanol–water partition coefficient (Wildman–Crippen LogP) is 3.44. The summed E-state index contributed by atoms with van der Waals surface area (Å²) >= 11 is 0. The smallest absolute Gasteiger partial charge is 0.346 e. The van der Waals surface area contributed by atoms with E-state index in [2.05, 4.69) is 10.3 Å². The minimum atomic E-state index is -0.329. The van der Waals surface area contributed by atoms with Crippen LogP contribution >= 0.6 is 0 Å². The zero-order valence-electron chi connectivity index (χ0n) is 13.0. The van der Waals surface area contributed by atoms with Crippen molar-refractivity contribution in [3.63, 3.8) is 0 Å². The van der Waals surface area contributed by atoms with Crippen molar-refractivity contribution in [2.45, 2.75) is 13.5 Å². The van der Waals surface area contributed by atoms with Gasteiger partial charge in [0.25, 0.3) is 0 Å². The quantitative estimate of drug-likeness (QED) is 0.735. The topological polar surface area (TPSA) is 52.5 Å². The molecule has 0 fully saturated rings. The first-order valence-corrected chi connectivity index (χ1v) is 7.68. The Morgan fingerprint density at radius 3 is 2.61 bits per heavy atom. The van der Waals surface area contributed by atoms with Crippen LogP contribution in [0.2, 0.25) is 0 Å². The van der Waals surface area contributed by atoms with Crippen LogP contribution in [0.4, 0.5) is 5.69 Å². The molecule has 23 heavy (non-hydrogen) atoms. The summed E-state index contributed by atoms with van der Waals surface area (Å²) in [5.74, 6) is -0.329. The van der Waals surface area contributed by atoms with Crippen molar-refractivity contribution < 1.29 is 14.5 Å². The fourth-order valence-corrected chi connectivity index (χ4v) is 2.54. The van der Waals surface area contributed by atoms with Crippen LogP contribution in [0.5, 0.6) is 0 Å². The third kappa shape index (κ3) is 3.31. The number of carbonyl (C=O) groups excluding carboxylic acids is 1. The molecule has 0 unspecified atom stereocenters. The van der Waals surface area contributed by atoms with E-state index in [1.807, 2.05) is 54.6 Å². The van der Waals surface area contributed by atoms with Crippen LogP contribution in [0.15, 0.2) is 60.8 Å². The molecule has 4 nitrogen and oxygen atoms in total. The Labute approximate surface area is 135 Å². The van der Waals surface area contributed by atoms with Gasteiger partial charge in [0.1, 0.15) is 5.56 Å². The second-order valence-corrected chi connectivity index (χ2v) is 5.18. The second kappa shape index (κ2) is 6.92. The Kier molecular flexibility index (Phi) is 4.52. The van der Waals surface area contributed by atoms with E-state index in [4.69, 9.17) is 4.74 Å². The number of benzene rings is 2. The molecule has 1 aromatic heterocycles. The van der Waals surface area contributed by atoms with Crippen LogP contribution in [-0.4, -0.2) is 12.6 Å². The number of anilines is 1. The summed E-state index contributed by atoms with van der Waals surface area (Å²) in [6.45, 7) is 2.80. The molecule has 2 N–H and O–H groups in total. The molecule has 0 aliphatic rings. The lowest BCUT2D eigenvalue weighted by Crippen LogP contribution is -2.16. The van der Waals surface area contributed by atoms with Crippen LogP contribution in [0.3, 0.4) is 0 Å². The largest absolute Gasteiger partial charge is 0.462 e. The molecule has 3 rings (SSSR count). The monoisotopic (exact) mass is 307 g/mol. The fourth-order valence-electron chi connectivity index (χ4n) is 2.54. The number of para-hydroxylation sites is 1. The average molecular weight is 307 g/mol. The number of esters is 1. The number of aromatic nitrogens is 1. The molecule has 0 spiro atoms. The molecule has 0 amide bonds. The molecule has 3 aromatic rings. The maximum Gasteiger partial charge on any atom is 0.346 e. The summed E-state index contributed by atoms with van der Waals surface area (Å²) in [5.41, 5.74) is 3.43. The van der Waals surface area contributed by atoms with Crippen molar-refractivity contribution >= 4 is 22.6 Å². The van der Waals surface area contributed by atoms with Gasteiger partial charge in [-0.3, -0.25) is 0 Å². The van der Waals surface area contributed by atoms with Crippen molar-refractivity contribution in [1.82, 2.24) is 0 Å². The van der Waals surface area contributed by atoms with Crippen LogP contribution in [0, 0.1) is 0 Å². The van der Waals surface area contributed by atoms with Crippen molar-refractivity contribution in [2.24, 2.45) is 0 Å². The maximum atomic E-state index is 12.2. The minimum Gasteiger partial charge on any atom is -0.462 e. The highest BCUT2D eigenvalue weighted by Crippen LogP contribution is 2.25. The molecule has 1 heterocycles. The lowest BCUT2D eigenvalue weighted by Gasteiger charge is -2.11. The van der Waals surface area contributed by atoms with Crippen LogP contribution in [0.1, 0.15) is 22.8 Å². The molecule has 0 bridgehead atoms. The van der Waals surface area contributed by atoms with Gasteiger partial charge < -0.3 is 10.1 Å². The Bertz CT molecular complexity index is 816. The van der Waals surface area contributed by atoms with Crippen molar-refractivity contribution in [2.75, 3.05) is 11.9 Å². The number of ether oxygens (including phenoxy) is 1. The van der Waals surface area contributed by atoms with E-state index in [0.29, 0.717) is 18.7 Å². The summed E-state index contributed by atoms with van der Waals surface area (Å²) in [5, 5.41) is 4.36. The fraction of sp³-hybridized carbons (Fsp3) is 0.158. The van der Waals surface area contributed by atoms with E-state index in [9.17, 15) is 4.79 Å². The number of nitrogens with one attached hydrogen (secondary N) is 2. The van der Waals surface area contributed by atoms with E-state index >= 15 is 0 Å². The van der Waals surface area contributed by atoms with Crippen molar-refractivity contribution in [1.29, 1.82) is 0 Å². The van der Waals surface area contributed by atoms with Crippen LogP contribution in [0.25, 0.3) is 10.9 Å². The van der Waals surface area contributed by atoms with Gasteiger partial charge in [-0.1, -0.05) is 42.5 Å². The molecular formula is C19H19N2O2+. The van der Waals surface area contributed by atoms with Gasteiger partial charge in [0, 0.05) is 12.6 Å². The van der Waals surface area contributed by atoms with Crippen LogP contribution < -0.4 is 10.3 Å². The molecule has 0 aliphatic heterocycles. The first-order chi connectivity index (χ1) is 11.3. The number of pyridine rings is 1. The summed E-state index contributed by atoms with van der Waals surface area (Å²) in [6, 6.07) is 18.0. The summed E-state index contributed by atoms with van der Waals surface area (Å²) < 4.78 is 5.17. The Hall–Kier alpha value is -2.88. The highest BCUT2D eigenvalue weighted by atomic mass is 16.5. The number of carbonyl (C=O) groups is 1. The van der Waals surface area contributed by atoms with E-state index in [1.165, 1.54) is 0 Å². The highest BCUT2D eigenvalue weighted by molar-refractivity contribution is 6.03. The predicted molar refractivity (Wildman–Crippen MR) is 90.2 cm³/mol. The summed E-state index contributed by atoms with van der Waals surface area (Å²) in [7, 11) is 0. The van der Waals surface area contributed by atoms with Gasteiger partial charge in [-0.2, -0.15) is 0 Å². The Morgan fingerprint density at radius 1 is 1.09 bits per heavy atom. The normalized spacial score (nSPS) is 10.5. The van der Waals surface area contributed by atoms with Crippen molar-refractivity contribution in [3.8, 4) is 0 Å². The van der Waals surface area contributed by atoms with Gasteiger partial charge in [-0.05, 0) is 18.6 Å². The lowest BCUT2D eigenvalue weighted by atomic mass is 10.1.